The molecule has 0 aliphatic carbocycles. The maximum Gasteiger partial charge on any atom is 0.234 e. The fourth-order valence-electron chi connectivity index (χ4n) is 2.65. The van der Waals surface area contributed by atoms with Crippen LogP contribution in [0.4, 0.5) is 5.69 Å². The Bertz CT molecular complexity index is 1130. The lowest BCUT2D eigenvalue weighted by atomic mass is 10.3. The number of hydrogen-bond acceptors (Lipinski definition) is 5. The van der Waals surface area contributed by atoms with E-state index in [9.17, 15) is 4.79 Å². The summed E-state index contributed by atoms with van der Waals surface area (Å²) < 4.78 is 1.96. The first-order valence-electron chi connectivity index (χ1n) is 8.54. The molecule has 0 radical (unpaired) electrons. The number of carbonyl (C=O) groups excluding carboxylic acids is 1. The van der Waals surface area contributed by atoms with E-state index in [1.54, 1.807) is 29.5 Å². The lowest BCUT2D eigenvalue weighted by Gasteiger charge is -2.10. The highest BCUT2D eigenvalue weighted by atomic mass is 35.5. The van der Waals surface area contributed by atoms with Crippen molar-refractivity contribution in [3.05, 3.63) is 76.1 Å². The normalized spacial score (nSPS) is 10.8. The molecule has 0 aliphatic rings. The number of rotatable bonds is 6. The Balaban J connectivity index is 1.55. The highest BCUT2D eigenvalue weighted by Crippen LogP contribution is 2.31. The van der Waals surface area contributed by atoms with Crippen molar-refractivity contribution >= 4 is 57.9 Å². The molecular weight excluding hydrogens is 447 g/mol. The van der Waals surface area contributed by atoms with E-state index in [-0.39, 0.29) is 11.7 Å². The topological polar surface area (TPSA) is 59.8 Å². The average molecular weight is 461 g/mol. The molecule has 0 fully saturated rings. The van der Waals surface area contributed by atoms with Crippen molar-refractivity contribution in [3.8, 4) is 16.4 Å². The number of thiophene rings is 1. The number of halogens is 2. The van der Waals surface area contributed by atoms with E-state index in [2.05, 4.69) is 15.5 Å². The van der Waals surface area contributed by atoms with E-state index in [1.165, 1.54) is 11.8 Å². The summed E-state index contributed by atoms with van der Waals surface area (Å²) in [5.41, 5.74) is 1.45. The zero-order chi connectivity index (χ0) is 20.2. The first-order valence-corrected chi connectivity index (χ1v) is 11.2. The van der Waals surface area contributed by atoms with Gasteiger partial charge in [0.2, 0.25) is 5.91 Å². The van der Waals surface area contributed by atoms with Crippen LogP contribution in [-0.4, -0.2) is 26.4 Å². The molecular formula is C20H14Cl2N4OS2. The van der Waals surface area contributed by atoms with Crippen molar-refractivity contribution in [1.29, 1.82) is 0 Å². The van der Waals surface area contributed by atoms with Crippen LogP contribution in [0.25, 0.3) is 16.4 Å². The van der Waals surface area contributed by atoms with E-state index in [0.717, 1.165) is 16.4 Å². The monoisotopic (exact) mass is 460 g/mol. The number of anilines is 1. The van der Waals surface area contributed by atoms with Crippen molar-refractivity contribution in [1.82, 2.24) is 14.8 Å². The number of nitrogens with zero attached hydrogens (tertiary/aromatic N) is 3. The van der Waals surface area contributed by atoms with Gasteiger partial charge in [-0.1, -0.05) is 59.2 Å². The Kier molecular flexibility index (Phi) is 6.20. The van der Waals surface area contributed by atoms with Gasteiger partial charge in [-0.15, -0.1) is 21.5 Å². The van der Waals surface area contributed by atoms with Gasteiger partial charge in [-0.3, -0.25) is 9.36 Å². The van der Waals surface area contributed by atoms with Crippen molar-refractivity contribution in [2.75, 3.05) is 11.1 Å². The maximum absolute atomic E-state index is 12.4. The number of hydrogen-bond donors (Lipinski definition) is 1. The highest BCUT2D eigenvalue weighted by Gasteiger charge is 2.18. The van der Waals surface area contributed by atoms with Gasteiger partial charge in [-0.25, -0.2) is 0 Å². The molecule has 4 aromatic rings. The van der Waals surface area contributed by atoms with Gasteiger partial charge >= 0.3 is 0 Å². The smallest absolute Gasteiger partial charge is 0.234 e. The lowest BCUT2D eigenvalue weighted by Crippen LogP contribution is -2.14. The molecule has 29 heavy (non-hydrogen) atoms. The second-order valence-corrected chi connectivity index (χ2v) is 8.65. The van der Waals surface area contributed by atoms with Crippen LogP contribution in [0, 0.1) is 0 Å². The Morgan fingerprint density at radius 1 is 1.07 bits per heavy atom. The first-order chi connectivity index (χ1) is 14.1. The second kappa shape index (κ2) is 9.00. The number of para-hydroxylation sites is 1. The number of aromatic nitrogens is 3. The lowest BCUT2D eigenvalue weighted by molar-refractivity contribution is -0.113. The zero-order valence-corrected chi connectivity index (χ0v) is 18.0. The van der Waals surface area contributed by atoms with Crippen LogP contribution in [0.3, 0.4) is 0 Å². The van der Waals surface area contributed by atoms with Crippen molar-refractivity contribution in [2.45, 2.75) is 5.16 Å². The van der Waals surface area contributed by atoms with E-state index >= 15 is 0 Å². The Hall–Kier alpha value is -2.32. The third-order valence-corrected chi connectivity index (χ3v) is 6.27. The second-order valence-electron chi connectivity index (χ2n) is 5.92. The zero-order valence-electron chi connectivity index (χ0n) is 14.9. The predicted octanol–water partition coefficient (Wildman–Crippen LogP) is 6.03. The van der Waals surface area contributed by atoms with Gasteiger partial charge < -0.3 is 5.32 Å². The predicted molar refractivity (Wildman–Crippen MR) is 120 cm³/mol. The highest BCUT2D eigenvalue weighted by molar-refractivity contribution is 7.99. The fraction of sp³-hybridized carbons (Fsp3) is 0.0500. The van der Waals surface area contributed by atoms with Gasteiger partial charge in [0.25, 0.3) is 0 Å². The number of amides is 1. The Morgan fingerprint density at radius 3 is 2.62 bits per heavy atom. The van der Waals surface area contributed by atoms with E-state index in [4.69, 9.17) is 23.2 Å². The molecule has 4 rings (SSSR count). The summed E-state index contributed by atoms with van der Waals surface area (Å²) in [6.07, 6.45) is 0. The molecule has 2 heterocycles. The summed E-state index contributed by atoms with van der Waals surface area (Å²) in [7, 11) is 0. The number of benzene rings is 2. The van der Waals surface area contributed by atoms with Gasteiger partial charge in [0.05, 0.1) is 21.3 Å². The molecule has 0 saturated heterocycles. The summed E-state index contributed by atoms with van der Waals surface area (Å²) in [6, 6.07) is 18.7. The minimum atomic E-state index is -0.195. The van der Waals surface area contributed by atoms with Crippen LogP contribution < -0.4 is 5.32 Å². The SMILES string of the molecule is O=C(CSc1nnc(-c2cccs2)n1-c1ccccc1)Nc1ccc(Cl)cc1Cl. The molecule has 0 spiro atoms. The van der Waals surface area contributed by atoms with Crippen LogP contribution in [-0.2, 0) is 4.79 Å². The molecule has 2 aromatic carbocycles. The number of nitrogens with one attached hydrogen (secondary N) is 1. The molecule has 9 heteroatoms. The number of thioether (sulfide) groups is 1. The molecule has 0 aliphatic heterocycles. The molecule has 1 N–H and O–H groups in total. The number of carbonyl (C=O) groups is 1. The standard InChI is InChI=1S/C20H14Cl2N4OS2/c21-13-8-9-16(15(22)11-13)23-18(27)12-29-20-25-24-19(17-7-4-10-28-17)26(20)14-5-2-1-3-6-14/h1-11H,12H2,(H,23,27). The Morgan fingerprint density at radius 2 is 1.90 bits per heavy atom. The van der Waals surface area contributed by atoms with E-state index in [0.29, 0.717) is 20.9 Å². The third-order valence-electron chi connectivity index (χ3n) is 3.93. The molecule has 0 atom stereocenters. The van der Waals surface area contributed by atoms with E-state index in [1.807, 2.05) is 52.4 Å². The molecule has 2 aromatic heterocycles. The maximum atomic E-state index is 12.4. The van der Waals surface area contributed by atoms with Gasteiger partial charge in [0.1, 0.15) is 0 Å². The van der Waals surface area contributed by atoms with Gasteiger partial charge in [-0.2, -0.15) is 0 Å². The fourth-order valence-corrected chi connectivity index (χ4v) is 4.55. The first kappa shape index (κ1) is 20.0. The molecule has 146 valence electrons. The average Bonchev–Trinajstić information content (AvgIpc) is 3.38. The summed E-state index contributed by atoms with van der Waals surface area (Å²) in [6.45, 7) is 0. The molecule has 1 amide bonds. The van der Waals surface area contributed by atoms with Crippen LogP contribution in [0.2, 0.25) is 10.0 Å². The summed E-state index contributed by atoms with van der Waals surface area (Å²) in [5, 5.41) is 15.0. The molecule has 0 bridgehead atoms. The molecule has 0 saturated carbocycles. The van der Waals surface area contributed by atoms with Gasteiger partial charge in [0.15, 0.2) is 11.0 Å². The Labute approximate surface area is 185 Å². The third kappa shape index (κ3) is 4.64. The largest absolute Gasteiger partial charge is 0.324 e. The quantitative estimate of drug-likeness (QED) is 0.356. The van der Waals surface area contributed by atoms with Crippen LogP contribution in [0.5, 0.6) is 0 Å². The summed E-state index contributed by atoms with van der Waals surface area (Å²) >= 11 is 14.9. The minimum absolute atomic E-state index is 0.161. The van der Waals surface area contributed by atoms with Crippen molar-refractivity contribution in [3.63, 3.8) is 0 Å². The summed E-state index contributed by atoms with van der Waals surface area (Å²) in [4.78, 5) is 13.4. The molecule has 5 nitrogen and oxygen atoms in total. The van der Waals surface area contributed by atoms with E-state index < -0.39 is 0 Å². The van der Waals surface area contributed by atoms with Crippen LogP contribution >= 0.6 is 46.3 Å². The summed E-state index contributed by atoms with van der Waals surface area (Å²) in [5.74, 6) is 0.711. The van der Waals surface area contributed by atoms with Gasteiger partial charge in [-0.05, 0) is 41.8 Å². The minimum Gasteiger partial charge on any atom is -0.324 e. The van der Waals surface area contributed by atoms with Crippen molar-refractivity contribution in [2.24, 2.45) is 0 Å². The molecule has 0 unspecified atom stereocenters. The van der Waals surface area contributed by atoms with Gasteiger partial charge in [0, 0.05) is 10.7 Å². The van der Waals surface area contributed by atoms with Crippen LogP contribution in [0.15, 0.2) is 71.2 Å². The van der Waals surface area contributed by atoms with Crippen molar-refractivity contribution < 1.29 is 4.79 Å². The van der Waals surface area contributed by atoms with Crippen LogP contribution in [0.1, 0.15) is 0 Å².